The lowest BCUT2D eigenvalue weighted by Crippen LogP contribution is -2.19. The molecule has 0 saturated carbocycles. The van der Waals surface area contributed by atoms with Crippen LogP contribution >= 0.6 is 0 Å². The molecule has 2 N–H and O–H groups in total. The highest BCUT2D eigenvalue weighted by Crippen LogP contribution is 2.30. The number of hydrogen-bond acceptors (Lipinski definition) is 3. The van der Waals surface area contributed by atoms with Crippen LogP contribution in [0, 0.1) is 34.6 Å². The van der Waals surface area contributed by atoms with E-state index in [0.717, 1.165) is 27.8 Å². The van der Waals surface area contributed by atoms with E-state index in [1.165, 1.54) is 0 Å². The van der Waals surface area contributed by atoms with E-state index in [4.69, 9.17) is 0 Å². The van der Waals surface area contributed by atoms with Crippen molar-refractivity contribution in [3.63, 3.8) is 0 Å². The summed E-state index contributed by atoms with van der Waals surface area (Å²) in [4.78, 5) is 11.9. The molecule has 0 unspecified atom stereocenters. The minimum atomic E-state index is -3.73. The van der Waals surface area contributed by atoms with E-state index >= 15 is 0 Å². The summed E-state index contributed by atoms with van der Waals surface area (Å²) < 4.78 is 28.5. The van der Waals surface area contributed by atoms with Crippen molar-refractivity contribution in [1.82, 2.24) is 5.32 Å². The second kappa shape index (κ2) is 6.88. The van der Waals surface area contributed by atoms with Gasteiger partial charge in [0.15, 0.2) is 0 Å². The van der Waals surface area contributed by atoms with Crippen molar-refractivity contribution in [3.8, 4) is 0 Å². The molecule has 0 aliphatic heterocycles. The molecule has 25 heavy (non-hydrogen) atoms. The maximum absolute atomic E-state index is 12.9. The van der Waals surface area contributed by atoms with Gasteiger partial charge in [-0.3, -0.25) is 9.52 Å². The van der Waals surface area contributed by atoms with Gasteiger partial charge in [-0.25, -0.2) is 8.42 Å². The SMILES string of the molecule is CNC(=O)c1ccc(NS(=O)(=O)c2c(C)c(C)c(C)c(C)c2C)cc1. The van der Waals surface area contributed by atoms with Gasteiger partial charge in [0.25, 0.3) is 15.9 Å². The molecule has 2 aromatic carbocycles. The summed E-state index contributed by atoms with van der Waals surface area (Å²) in [6, 6.07) is 6.34. The standard InChI is InChI=1S/C19H24N2O3S/c1-11-12(2)14(4)18(15(5)13(11)3)25(23,24)21-17-9-7-16(8-10-17)19(22)20-6/h7-10,21H,1-6H3,(H,20,22). The summed E-state index contributed by atoms with van der Waals surface area (Å²) in [6.45, 7) is 9.55. The summed E-state index contributed by atoms with van der Waals surface area (Å²) in [6.07, 6.45) is 0. The first-order chi connectivity index (χ1) is 11.6. The van der Waals surface area contributed by atoms with Gasteiger partial charge in [0, 0.05) is 18.3 Å². The van der Waals surface area contributed by atoms with Crippen molar-refractivity contribution in [2.75, 3.05) is 11.8 Å². The van der Waals surface area contributed by atoms with Crippen LogP contribution < -0.4 is 10.0 Å². The van der Waals surface area contributed by atoms with Crippen LogP contribution in [-0.2, 0) is 10.0 Å². The van der Waals surface area contributed by atoms with Gasteiger partial charge in [-0.2, -0.15) is 0 Å². The van der Waals surface area contributed by atoms with Crippen LogP contribution in [0.25, 0.3) is 0 Å². The van der Waals surface area contributed by atoms with Crippen LogP contribution in [-0.4, -0.2) is 21.4 Å². The Morgan fingerprint density at radius 1 is 0.800 bits per heavy atom. The molecule has 0 atom stereocenters. The summed E-state index contributed by atoms with van der Waals surface area (Å²) in [7, 11) is -2.18. The fraction of sp³-hybridized carbons (Fsp3) is 0.316. The first-order valence-corrected chi connectivity index (χ1v) is 9.50. The molecule has 0 aromatic heterocycles. The number of hydrogen-bond donors (Lipinski definition) is 2. The highest BCUT2D eigenvalue weighted by Gasteiger charge is 2.23. The van der Waals surface area contributed by atoms with Crippen molar-refractivity contribution in [3.05, 3.63) is 57.6 Å². The minimum Gasteiger partial charge on any atom is -0.355 e. The Balaban J connectivity index is 2.46. The number of rotatable bonds is 4. The van der Waals surface area contributed by atoms with Crippen LogP contribution in [0.1, 0.15) is 38.2 Å². The van der Waals surface area contributed by atoms with Crippen LogP contribution in [0.2, 0.25) is 0 Å². The topological polar surface area (TPSA) is 75.3 Å². The molecule has 5 nitrogen and oxygen atoms in total. The molecule has 6 heteroatoms. The van der Waals surface area contributed by atoms with Gasteiger partial charge in [0.1, 0.15) is 0 Å². The molecule has 0 bridgehead atoms. The highest BCUT2D eigenvalue weighted by atomic mass is 32.2. The fourth-order valence-electron chi connectivity index (χ4n) is 2.91. The second-order valence-corrected chi connectivity index (χ2v) is 7.84. The number of nitrogens with one attached hydrogen (secondary N) is 2. The number of sulfonamides is 1. The molecule has 0 aliphatic carbocycles. The zero-order valence-corrected chi connectivity index (χ0v) is 16.3. The highest BCUT2D eigenvalue weighted by molar-refractivity contribution is 7.92. The van der Waals surface area contributed by atoms with E-state index in [1.54, 1.807) is 31.3 Å². The van der Waals surface area contributed by atoms with E-state index in [2.05, 4.69) is 10.0 Å². The van der Waals surface area contributed by atoms with E-state index in [9.17, 15) is 13.2 Å². The average molecular weight is 360 g/mol. The van der Waals surface area contributed by atoms with Gasteiger partial charge in [-0.05, 0) is 86.7 Å². The Morgan fingerprint density at radius 2 is 1.24 bits per heavy atom. The van der Waals surface area contributed by atoms with Crippen molar-refractivity contribution in [2.45, 2.75) is 39.5 Å². The first kappa shape index (κ1) is 19.0. The quantitative estimate of drug-likeness (QED) is 0.877. The minimum absolute atomic E-state index is 0.217. The van der Waals surface area contributed by atoms with Crippen molar-refractivity contribution < 1.29 is 13.2 Å². The molecule has 2 aromatic rings. The molecule has 0 aliphatic rings. The van der Waals surface area contributed by atoms with Crippen molar-refractivity contribution in [1.29, 1.82) is 0 Å². The van der Waals surface area contributed by atoms with Gasteiger partial charge in [0.05, 0.1) is 4.90 Å². The normalized spacial score (nSPS) is 11.3. The molecular weight excluding hydrogens is 336 g/mol. The summed E-state index contributed by atoms with van der Waals surface area (Å²) in [5.41, 5.74) is 5.49. The molecule has 0 radical (unpaired) electrons. The Kier molecular flexibility index (Phi) is 5.23. The lowest BCUT2D eigenvalue weighted by Gasteiger charge is -2.19. The lowest BCUT2D eigenvalue weighted by molar-refractivity contribution is 0.0963. The smallest absolute Gasteiger partial charge is 0.262 e. The average Bonchev–Trinajstić information content (AvgIpc) is 2.57. The maximum atomic E-state index is 12.9. The molecule has 0 spiro atoms. The predicted molar refractivity (Wildman–Crippen MR) is 101 cm³/mol. The molecule has 2 rings (SSSR count). The Bertz CT molecular complexity index is 901. The van der Waals surface area contributed by atoms with Gasteiger partial charge < -0.3 is 5.32 Å². The van der Waals surface area contributed by atoms with E-state index < -0.39 is 10.0 Å². The largest absolute Gasteiger partial charge is 0.355 e. The molecular formula is C19H24N2O3S. The number of carbonyl (C=O) groups is 1. The molecule has 134 valence electrons. The van der Waals surface area contributed by atoms with E-state index in [-0.39, 0.29) is 5.91 Å². The second-order valence-electron chi connectivity index (χ2n) is 6.22. The van der Waals surface area contributed by atoms with Gasteiger partial charge in [0.2, 0.25) is 0 Å². The lowest BCUT2D eigenvalue weighted by atomic mass is 9.95. The zero-order valence-electron chi connectivity index (χ0n) is 15.4. The Hall–Kier alpha value is -2.34. The first-order valence-electron chi connectivity index (χ1n) is 8.02. The maximum Gasteiger partial charge on any atom is 0.262 e. The third-order valence-electron chi connectivity index (χ3n) is 4.83. The van der Waals surface area contributed by atoms with Crippen LogP contribution in [0.4, 0.5) is 5.69 Å². The number of anilines is 1. The van der Waals surface area contributed by atoms with Gasteiger partial charge >= 0.3 is 0 Å². The van der Waals surface area contributed by atoms with Crippen LogP contribution in [0.5, 0.6) is 0 Å². The van der Waals surface area contributed by atoms with E-state index in [0.29, 0.717) is 16.1 Å². The Labute approximate surface area is 149 Å². The Morgan fingerprint density at radius 3 is 1.68 bits per heavy atom. The predicted octanol–water partition coefficient (Wildman–Crippen LogP) is 3.39. The summed E-state index contributed by atoms with van der Waals surface area (Å²) in [5.74, 6) is -0.217. The van der Waals surface area contributed by atoms with Gasteiger partial charge in [-0.15, -0.1) is 0 Å². The summed E-state index contributed by atoms with van der Waals surface area (Å²) in [5, 5.41) is 2.53. The zero-order chi connectivity index (χ0) is 18.9. The number of benzene rings is 2. The summed E-state index contributed by atoms with van der Waals surface area (Å²) >= 11 is 0. The molecule has 0 fully saturated rings. The van der Waals surface area contributed by atoms with E-state index in [1.807, 2.05) is 34.6 Å². The van der Waals surface area contributed by atoms with Crippen molar-refractivity contribution in [2.24, 2.45) is 0 Å². The third-order valence-corrected chi connectivity index (χ3v) is 6.48. The number of carbonyl (C=O) groups excluding carboxylic acids is 1. The van der Waals surface area contributed by atoms with Crippen LogP contribution in [0.15, 0.2) is 29.2 Å². The fourth-order valence-corrected chi connectivity index (χ4v) is 4.57. The van der Waals surface area contributed by atoms with Crippen molar-refractivity contribution >= 4 is 21.6 Å². The molecule has 1 amide bonds. The molecule has 0 saturated heterocycles. The van der Waals surface area contributed by atoms with Crippen LogP contribution in [0.3, 0.4) is 0 Å². The number of amides is 1. The monoisotopic (exact) mass is 360 g/mol. The third kappa shape index (κ3) is 3.54. The molecule has 0 heterocycles. The van der Waals surface area contributed by atoms with Gasteiger partial charge in [-0.1, -0.05) is 0 Å².